The number of phenols is 1. The Hall–Kier alpha value is -3.79. The fourth-order valence-electron chi connectivity index (χ4n) is 2.53. The van der Waals surface area contributed by atoms with Gasteiger partial charge in [0.25, 0.3) is 0 Å². The van der Waals surface area contributed by atoms with Gasteiger partial charge in [0.05, 0.1) is 5.02 Å². The maximum atomic E-state index is 13.5. The van der Waals surface area contributed by atoms with Crippen LogP contribution in [0, 0.1) is 5.82 Å². The largest absolute Gasteiger partial charge is 0.507 e. The lowest BCUT2D eigenvalue weighted by molar-refractivity contribution is 0.314. The van der Waals surface area contributed by atoms with E-state index in [0.29, 0.717) is 11.3 Å². The van der Waals surface area contributed by atoms with Crippen molar-refractivity contribution < 1.29 is 14.1 Å². The number of benzene rings is 2. The Labute approximate surface area is 161 Å². The molecule has 0 radical (unpaired) electrons. The molecule has 0 spiro atoms. The van der Waals surface area contributed by atoms with Crippen molar-refractivity contribution in [3.05, 3.63) is 64.6 Å². The van der Waals surface area contributed by atoms with E-state index in [-0.39, 0.29) is 39.3 Å². The summed E-state index contributed by atoms with van der Waals surface area (Å²) in [5.74, 6) is 5.15. The number of aromatic hydroxyl groups is 1. The van der Waals surface area contributed by atoms with Gasteiger partial charge in [-0.1, -0.05) is 23.7 Å². The van der Waals surface area contributed by atoms with Crippen molar-refractivity contribution in [2.45, 2.75) is 0 Å². The first-order chi connectivity index (χ1) is 13.6. The quantitative estimate of drug-likeness (QED) is 0.271. The minimum absolute atomic E-state index is 0.0531. The van der Waals surface area contributed by atoms with Crippen molar-refractivity contribution in [2.75, 3.05) is 5.32 Å². The summed E-state index contributed by atoms with van der Waals surface area (Å²) in [6.07, 6.45) is 0. The van der Waals surface area contributed by atoms with Crippen LogP contribution in [-0.4, -0.2) is 31.1 Å². The molecule has 140 valence electrons. The molecule has 0 saturated carbocycles. The average Bonchev–Trinajstić information content (AvgIpc) is 3.14. The van der Waals surface area contributed by atoms with Gasteiger partial charge in [0.15, 0.2) is 5.82 Å². The van der Waals surface area contributed by atoms with Gasteiger partial charge in [-0.05, 0) is 40.6 Å². The third kappa shape index (κ3) is 3.16. The zero-order chi connectivity index (χ0) is 19.7. The fourth-order valence-corrected chi connectivity index (χ4v) is 2.71. The molecular formula is C17H11ClFN7O2. The van der Waals surface area contributed by atoms with Crippen LogP contribution in [0.4, 0.5) is 15.9 Å². The standard InChI is InChI=1S/C17H11ClFN7O2/c18-10-7-8(5-6-11(10)19)21-15-14(22-16-17(23-15)26-28-25-16)13(24-20)9-3-1-2-4-12(9)27/h1-7,27H,20H2,(H,21,23,26). The first-order valence-corrected chi connectivity index (χ1v) is 8.23. The van der Waals surface area contributed by atoms with Crippen molar-refractivity contribution in [1.29, 1.82) is 0 Å². The van der Waals surface area contributed by atoms with Gasteiger partial charge in [-0.15, -0.1) is 0 Å². The van der Waals surface area contributed by atoms with Crippen molar-refractivity contribution in [3.63, 3.8) is 0 Å². The Kier molecular flexibility index (Phi) is 4.45. The molecule has 28 heavy (non-hydrogen) atoms. The van der Waals surface area contributed by atoms with Crippen LogP contribution in [-0.2, 0) is 0 Å². The molecule has 0 aliphatic heterocycles. The van der Waals surface area contributed by atoms with E-state index < -0.39 is 5.82 Å². The van der Waals surface area contributed by atoms with Gasteiger partial charge >= 0.3 is 0 Å². The number of nitrogens with zero attached hydrogens (tertiary/aromatic N) is 5. The minimum Gasteiger partial charge on any atom is -0.507 e. The number of nitrogens with one attached hydrogen (secondary N) is 1. The van der Waals surface area contributed by atoms with Crippen molar-refractivity contribution in [3.8, 4) is 5.75 Å². The molecule has 2 aromatic carbocycles. The first-order valence-electron chi connectivity index (χ1n) is 7.86. The molecule has 4 aromatic rings. The van der Waals surface area contributed by atoms with Gasteiger partial charge in [-0.3, -0.25) is 0 Å². The van der Waals surface area contributed by atoms with Gasteiger partial charge in [-0.25, -0.2) is 19.0 Å². The lowest BCUT2D eigenvalue weighted by atomic mass is 10.1. The highest BCUT2D eigenvalue weighted by atomic mass is 35.5. The molecule has 2 heterocycles. The molecule has 11 heteroatoms. The van der Waals surface area contributed by atoms with Crippen molar-refractivity contribution in [2.24, 2.45) is 10.9 Å². The molecule has 0 atom stereocenters. The second-order valence-electron chi connectivity index (χ2n) is 5.58. The highest BCUT2D eigenvalue weighted by molar-refractivity contribution is 6.31. The normalized spacial score (nSPS) is 11.7. The monoisotopic (exact) mass is 399 g/mol. The zero-order valence-corrected chi connectivity index (χ0v) is 14.7. The predicted molar refractivity (Wildman–Crippen MR) is 100 cm³/mol. The number of halogens is 2. The molecule has 9 nitrogen and oxygen atoms in total. The molecule has 4 N–H and O–H groups in total. The van der Waals surface area contributed by atoms with Crippen LogP contribution in [0.5, 0.6) is 5.75 Å². The lowest BCUT2D eigenvalue weighted by Gasteiger charge is -2.12. The summed E-state index contributed by atoms with van der Waals surface area (Å²) in [6.45, 7) is 0. The lowest BCUT2D eigenvalue weighted by Crippen LogP contribution is -2.13. The predicted octanol–water partition coefficient (Wildman–Crippen LogP) is 2.97. The average molecular weight is 400 g/mol. The Morgan fingerprint density at radius 2 is 1.89 bits per heavy atom. The summed E-state index contributed by atoms with van der Waals surface area (Å²) in [6, 6.07) is 10.5. The van der Waals surface area contributed by atoms with E-state index in [1.165, 1.54) is 24.3 Å². The summed E-state index contributed by atoms with van der Waals surface area (Å²) in [4.78, 5) is 8.65. The Bertz CT molecular complexity index is 1210. The van der Waals surface area contributed by atoms with Gasteiger partial charge in [0, 0.05) is 11.3 Å². The summed E-state index contributed by atoms with van der Waals surface area (Å²) in [7, 11) is 0. The molecule has 0 unspecified atom stereocenters. The van der Waals surface area contributed by atoms with Crippen LogP contribution in [0.2, 0.25) is 5.02 Å². The third-order valence-electron chi connectivity index (χ3n) is 3.81. The molecule has 0 fully saturated rings. The topological polar surface area (TPSA) is 135 Å². The van der Waals surface area contributed by atoms with E-state index in [1.807, 2.05) is 0 Å². The summed E-state index contributed by atoms with van der Waals surface area (Å²) in [5.41, 5.74) is 1.34. The van der Waals surface area contributed by atoms with E-state index in [0.717, 1.165) is 0 Å². The van der Waals surface area contributed by atoms with Gasteiger partial charge in [0.2, 0.25) is 11.3 Å². The Morgan fingerprint density at radius 3 is 2.61 bits per heavy atom. The van der Waals surface area contributed by atoms with Crippen LogP contribution in [0.15, 0.2) is 52.2 Å². The highest BCUT2D eigenvalue weighted by Crippen LogP contribution is 2.27. The van der Waals surface area contributed by atoms with Crippen LogP contribution >= 0.6 is 11.6 Å². The molecule has 0 aliphatic carbocycles. The molecular weight excluding hydrogens is 389 g/mol. The highest BCUT2D eigenvalue weighted by Gasteiger charge is 2.21. The van der Waals surface area contributed by atoms with Gasteiger partial charge in [0.1, 0.15) is 23.0 Å². The number of phenolic OH excluding ortho intramolecular Hbond substituents is 1. The second-order valence-corrected chi connectivity index (χ2v) is 5.99. The first kappa shape index (κ1) is 17.6. The maximum Gasteiger partial charge on any atom is 0.245 e. The molecule has 0 amide bonds. The number of anilines is 2. The molecule has 0 bridgehead atoms. The van der Waals surface area contributed by atoms with Crippen molar-refractivity contribution in [1.82, 2.24) is 20.3 Å². The maximum absolute atomic E-state index is 13.5. The number of rotatable bonds is 4. The van der Waals surface area contributed by atoms with Crippen LogP contribution < -0.4 is 11.2 Å². The molecule has 0 aliphatic rings. The smallest absolute Gasteiger partial charge is 0.245 e. The summed E-state index contributed by atoms with van der Waals surface area (Å²) < 4.78 is 18.1. The Morgan fingerprint density at radius 1 is 1.14 bits per heavy atom. The van der Waals surface area contributed by atoms with Gasteiger partial charge < -0.3 is 16.3 Å². The van der Waals surface area contributed by atoms with Crippen molar-refractivity contribution >= 4 is 40.1 Å². The van der Waals surface area contributed by atoms with E-state index in [9.17, 15) is 9.50 Å². The molecule has 0 saturated heterocycles. The van der Waals surface area contributed by atoms with E-state index >= 15 is 0 Å². The number of hydrazone groups is 1. The SMILES string of the molecule is NN=C(c1ccccc1O)c1nc2nonc2nc1Nc1ccc(F)c(Cl)c1. The van der Waals surface area contributed by atoms with E-state index in [1.54, 1.807) is 18.2 Å². The van der Waals surface area contributed by atoms with E-state index in [4.69, 9.17) is 17.4 Å². The number of hydrogen-bond donors (Lipinski definition) is 3. The summed E-state index contributed by atoms with van der Waals surface area (Å²) in [5, 5.41) is 24.2. The number of nitrogens with two attached hydrogens (primary N) is 1. The van der Waals surface area contributed by atoms with Crippen LogP contribution in [0.3, 0.4) is 0 Å². The number of hydrogen-bond acceptors (Lipinski definition) is 9. The third-order valence-corrected chi connectivity index (χ3v) is 4.10. The summed E-state index contributed by atoms with van der Waals surface area (Å²) >= 11 is 5.84. The Balaban J connectivity index is 1.88. The fraction of sp³-hybridized carbons (Fsp3) is 0. The number of para-hydroxylation sites is 1. The molecule has 2 aromatic heterocycles. The minimum atomic E-state index is -0.562. The number of fused-ring (bicyclic) bond motifs is 1. The van der Waals surface area contributed by atoms with E-state index in [2.05, 4.69) is 35.3 Å². The van der Waals surface area contributed by atoms with Crippen LogP contribution in [0.1, 0.15) is 11.3 Å². The second kappa shape index (κ2) is 7.08. The zero-order valence-electron chi connectivity index (χ0n) is 14.0. The number of aromatic nitrogens is 4. The van der Waals surface area contributed by atoms with Crippen LogP contribution in [0.25, 0.3) is 11.3 Å². The molecule has 4 rings (SSSR count). The van der Waals surface area contributed by atoms with Gasteiger partial charge in [-0.2, -0.15) is 5.10 Å².